The van der Waals surface area contributed by atoms with Crippen LogP contribution in [0.4, 0.5) is 0 Å². The second-order valence-corrected chi connectivity index (χ2v) is 5.65. The maximum atomic E-state index is 12.0. The maximum absolute atomic E-state index is 12.0. The first-order valence-corrected chi connectivity index (χ1v) is 6.72. The monoisotopic (exact) mass is 240 g/mol. The van der Waals surface area contributed by atoms with E-state index >= 15 is 0 Å². The fourth-order valence-electron chi connectivity index (χ4n) is 1.77. The van der Waals surface area contributed by atoms with Crippen molar-refractivity contribution in [2.24, 2.45) is 0 Å². The van der Waals surface area contributed by atoms with Gasteiger partial charge in [-0.15, -0.1) is 0 Å². The lowest BCUT2D eigenvalue weighted by molar-refractivity contribution is -0.151. The molecule has 1 aromatic rings. The Morgan fingerprint density at radius 3 is 2.69 bits per heavy atom. The molecule has 1 heterocycles. The summed E-state index contributed by atoms with van der Waals surface area (Å²) in [5.41, 5.74) is 1.14. The van der Waals surface area contributed by atoms with E-state index in [1.165, 1.54) is 0 Å². The molecule has 0 saturated carbocycles. The number of hydrogen-bond acceptors (Lipinski definition) is 3. The molecule has 88 valence electrons. The number of hydrogen-bond donors (Lipinski definition) is 1. The van der Waals surface area contributed by atoms with Crippen LogP contribution < -0.4 is 0 Å². The van der Waals surface area contributed by atoms with Crippen molar-refractivity contribution < 1.29 is 14.1 Å². The van der Waals surface area contributed by atoms with Gasteiger partial charge in [0.2, 0.25) is 0 Å². The van der Waals surface area contributed by atoms with E-state index in [0.717, 1.165) is 16.9 Å². The second kappa shape index (κ2) is 4.65. The average molecular weight is 240 g/mol. The van der Waals surface area contributed by atoms with E-state index < -0.39 is 16.6 Å². The minimum absolute atomic E-state index is 0.163. The minimum Gasteiger partial charge on any atom is -0.365 e. The van der Waals surface area contributed by atoms with Crippen LogP contribution in [0.5, 0.6) is 0 Å². The first kappa shape index (κ1) is 11.8. The van der Waals surface area contributed by atoms with Gasteiger partial charge >= 0.3 is 0 Å². The standard InChI is InChI=1S/C12H16O3S/c1-10-3-5-11(6-4-10)16(14)9-12(13)7-2-8-15-12/h3-6,13H,2,7-9H2,1H3/t12?,16-/m1/s1. The lowest BCUT2D eigenvalue weighted by Crippen LogP contribution is -2.34. The van der Waals surface area contributed by atoms with Gasteiger partial charge in [-0.3, -0.25) is 4.21 Å². The van der Waals surface area contributed by atoms with Gasteiger partial charge in [-0.25, -0.2) is 0 Å². The summed E-state index contributed by atoms with van der Waals surface area (Å²) in [5, 5.41) is 9.96. The topological polar surface area (TPSA) is 46.5 Å². The van der Waals surface area contributed by atoms with Gasteiger partial charge in [0.1, 0.15) is 0 Å². The van der Waals surface area contributed by atoms with E-state index in [4.69, 9.17) is 4.74 Å². The quantitative estimate of drug-likeness (QED) is 0.873. The third-order valence-corrected chi connectivity index (χ3v) is 4.23. The van der Waals surface area contributed by atoms with Crippen molar-refractivity contribution in [1.82, 2.24) is 0 Å². The summed E-state index contributed by atoms with van der Waals surface area (Å²) in [6.07, 6.45) is 1.41. The predicted molar refractivity (Wildman–Crippen MR) is 62.6 cm³/mol. The van der Waals surface area contributed by atoms with Crippen molar-refractivity contribution in [2.45, 2.75) is 30.4 Å². The summed E-state index contributed by atoms with van der Waals surface area (Å²) in [6.45, 7) is 2.54. The highest BCUT2D eigenvalue weighted by Gasteiger charge is 2.34. The molecule has 2 rings (SSSR count). The van der Waals surface area contributed by atoms with Crippen LogP contribution in [-0.4, -0.2) is 27.5 Å². The van der Waals surface area contributed by atoms with Crippen LogP contribution >= 0.6 is 0 Å². The molecule has 0 bridgehead atoms. The summed E-state index contributed by atoms with van der Waals surface area (Å²) in [6, 6.07) is 7.52. The first-order chi connectivity index (χ1) is 7.59. The molecule has 1 saturated heterocycles. The zero-order valence-corrected chi connectivity index (χ0v) is 10.1. The highest BCUT2D eigenvalue weighted by Crippen LogP contribution is 2.25. The van der Waals surface area contributed by atoms with E-state index in [9.17, 15) is 9.32 Å². The summed E-state index contributed by atoms with van der Waals surface area (Å²) in [4.78, 5) is 0.745. The van der Waals surface area contributed by atoms with Crippen molar-refractivity contribution in [3.8, 4) is 0 Å². The Morgan fingerprint density at radius 1 is 1.44 bits per heavy atom. The molecular weight excluding hydrogens is 224 g/mol. The molecule has 1 unspecified atom stereocenters. The Balaban J connectivity index is 2.05. The average Bonchev–Trinajstić information content (AvgIpc) is 2.65. The smallest absolute Gasteiger partial charge is 0.177 e. The van der Waals surface area contributed by atoms with Crippen molar-refractivity contribution in [3.63, 3.8) is 0 Å². The Labute approximate surface area is 97.9 Å². The highest BCUT2D eigenvalue weighted by atomic mass is 32.2. The largest absolute Gasteiger partial charge is 0.365 e. The zero-order valence-electron chi connectivity index (χ0n) is 9.31. The first-order valence-electron chi connectivity index (χ1n) is 5.40. The Hall–Kier alpha value is -0.710. The molecule has 2 atom stereocenters. The number of aliphatic hydroxyl groups is 1. The van der Waals surface area contributed by atoms with Gasteiger partial charge < -0.3 is 9.84 Å². The molecule has 3 nitrogen and oxygen atoms in total. The zero-order chi connectivity index (χ0) is 11.6. The number of aryl methyl sites for hydroxylation is 1. The van der Waals surface area contributed by atoms with Crippen LogP contribution in [0, 0.1) is 6.92 Å². The molecule has 16 heavy (non-hydrogen) atoms. The molecule has 1 aliphatic rings. The SMILES string of the molecule is Cc1ccc([S@](=O)CC2(O)CCCO2)cc1. The lowest BCUT2D eigenvalue weighted by Gasteiger charge is -2.20. The molecule has 4 heteroatoms. The molecule has 1 aromatic carbocycles. The van der Waals surface area contributed by atoms with Crippen molar-refractivity contribution in [3.05, 3.63) is 29.8 Å². The molecule has 0 amide bonds. The van der Waals surface area contributed by atoms with Crippen LogP contribution in [0.3, 0.4) is 0 Å². The third-order valence-electron chi connectivity index (χ3n) is 2.72. The molecule has 1 N–H and O–H groups in total. The van der Waals surface area contributed by atoms with Crippen LogP contribution in [0.25, 0.3) is 0 Å². The number of rotatable bonds is 3. The molecule has 1 fully saturated rings. The molecule has 0 aromatic heterocycles. The van der Waals surface area contributed by atoms with Gasteiger partial charge in [0, 0.05) is 11.3 Å². The van der Waals surface area contributed by atoms with Crippen molar-refractivity contribution in [1.29, 1.82) is 0 Å². The molecular formula is C12H16O3S. The molecule has 1 aliphatic heterocycles. The van der Waals surface area contributed by atoms with Crippen LogP contribution in [0.2, 0.25) is 0 Å². The van der Waals surface area contributed by atoms with Gasteiger partial charge in [0.05, 0.1) is 23.2 Å². The van der Waals surface area contributed by atoms with E-state index in [-0.39, 0.29) is 5.75 Å². The molecule has 0 radical (unpaired) electrons. The normalized spacial score (nSPS) is 26.9. The summed E-state index contributed by atoms with van der Waals surface area (Å²) >= 11 is 0. The minimum atomic E-state index is -1.20. The van der Waals surface area contributed by atoms with E-state index in [0.29, 0.717) is 13.0 Å². The van der Waals surface area contributed by atoms with E-state index in [2.05, 4.69) is 0 Å². The Kier molecular flexibility index (Phi) is 3.42. The number of ether oxygens (including phenoxy) is 1. The van der Waals surface area contributed by atoms with Gasteiger partial charge in [0.25, 0.3) is 0 Å². The van der Waals surface area contributed by atoms with Crippen molar-refractivity contribution >= 4 is 10.8 Å². The van der Waals surface area contributed by atoms with Gasteiger partial charge in [0.15, 0.2) is 5.79 Å². The van der Waals surface area contributed by atoms with E-state index in [1.807, 2.05) is 31.2 Å². The fraction of sp³-hybridized carbons (Fsp3) is 0.500. The van der Waals surface area contributed by atoms with Crippen LogP contribution in [0.1, 0.15) is 18.4 Å². The summed E-state index contributed by atoms with van der Waals surface area (Å²) in [5.74, 6) is -1.02. The lowest BCUT2D eigenvalue weighted by atomic mass is 10.2. The van der Waals surface area contributed by atoms with Crippen LogP contribution in [0.15, 0.2) is 29.2 Å². The van der Waals surface area contributed by atoms with E-state index in [1.54, 1.807) is 0 Å². The number of benzene rings is 1. The highest BCUT2D eigenvalue weighted by molar-refractivity contribution is 7.85. The third kappa shape index (κ3) is 2.70. The maximum Gasteiger partial charge on any atom is 0.177 e. The van der Waals surface area contributed by atoms with Gasteiger partial charge in [-0.1, -0.05) is 17.7 Å². The molecule has 0 spiro atoms. The van der Waals surface area contributed by atoms with Crippen molar-refractivity contribution in [2.75, 3.05) is 12.4 Å². The van der Waals surface area contributed by atoms with Crippen LogP contribution in [-0.2, 0) is 15.5 Å². The van der Waals surface area contributed by atoms with Gasteiger partial charge in [-0.05, 0) is 25.5 Å². The fourth-order valence-corrected chi connectivity index (χ4v) is 3.02. The Bertz CT molecular complexity index is 380. The summed E-state index contributed by atoms with van der Waals surface area (Å²) in [7, 11) is -1.20. The molecule has 0 aliphatic carbocycles. The Morgan fingerprint density at radius 2 is 2.12 bits per heavy atom. The second-order valence-electron chi connectivity index (χ2n) is 4.20. The predicted octanol–water partition coefficient (Wildman–Crippen LogP) is 1.60. The van der Waals surface area contributed by atoms with Gasteiger partial charge in [-0.2, -0.15) is 0 Å². The summed E-state index contributed by atoms with van der Waals surface area (Å²) < 4.78 is 17.2.